The van der Waals surface area contributed by atoms with E-state index in [-0.39, 0.29) is 6.10 Å². The van der Waals surface area contributed by atoms with Crippen molar-refractivity contribution in [2.45, 2.75) is 25.4 Å². The molecule has 134 valence electrons. The summed E-state index contributed by atoms with van der Waals surface area (Å²) in [6.07, 6.45) is 6.03. The molecule has 0 spiro atoms. The number of thiazole rings is 1. The lowest BCUT2D eigenvalue weighted by Crippen LogP contribution is -2.15. The summed E-state index contributed by atoms with van der Waals surface area (Å²) in [6.45, 7) is 0. The number of aromatic nitrogens is 1. The van der Waals surface area contributed by atoms with Crippen LogP contribution in [0.2, 0.25) is 0 Å². The van der Waals surface area contributed by atoms with Crippen molar-refractivity contribution in [1.82, 2.24) is 4.98 Å². The summed E-state index contributed by atoms with van der Waals surface area (Å²) in [5.74, 6) is 0.759. The minimum Gasteiger partial charge on any atom is -0.486 e. The molecule has 4 rings (SSSR count). The Morgan fingerprint density at radius 3 is 3.00 bits per heavy atom. The van der Waals surface area contributed by atoms with E-state index in [0.717, 1.165) is 46.8 Å². The molecule has 3 aromatic rings. The number of anilines is 2. The van der Waals surface area contributed by atoms with Crippen molar-refractivity contribution in [3.8, 4) is 11.8 Å². The molecule has 1 aromatic heterocycles. The van der Waals surface area contributed by atoms with Crippen LogP contribution in [0, 0.1) is 16.7 Å². The van der Waals surface area contributed by atoms with Gasteiger partial charge < -0.3 is 15.5 Å². The molecule has 0 bridgehead atoms. The molecule has 1 aliphatic carbocycles. The molecule has 1 unspecified atom stereocenters. The van der Waals surface area contributed by atoms with Gasteiger partial charge in [-0.05, 0) is 54.7 Å². The highest BCUT2D eigenvalue weighted by Gasteiger charge is 2.22. The van der Waals surface area contributed by atoms with Crippen molar-refractivity contribution in [2.75, 3.05) is 5.32 Å². The van der Waals surface area contributed by atoms with E-state index in [0.29, 0.717) is 5.56 Å². The van der Waals surface area contributed by atoms with Crippen LogP contribution in [0.4, 0.5) is 10.7 Å². The first-order chi connectivity index (χ1) is 13.3. The third-order valence-electron chi connectivity index (χ3n) is 4.68. The highest BCUT2D eigenvalue weighted by Crippen LogP contribution is 2.35. The molecule has 27 heavy (non-hydrogen) atoms. The maximum atomic E-state index is 9.12. The molecular formula is C21H18N4OS. The second kappa shape index (κ2) is 7.60. The van der Waals surface area contributed by atoms with E-state index >= 15 is 0 Å². The number of hydrogen-bond acceptors (Lipinski definition) is 6. The molecule has 0 saturated carbocycles. The van der Waals surface area contributed by atoms with Crippen molar-refractivity contribution in [3.63, 3.8) is 0 Å². The van der Waals surface area contributed by atoms with Crippen molar-refractivity contribution >= 4 is 28.2 Å². The van der Waals surface area contributed by atoms with Crippen LogP contribution in [0.5, 0.6) is 5.75 Å². The van der Waals surface area contributed by atoms with Crippen molar-refractivity contribution < 1.29 is 4.74 Å². The number of fused-ring (bicyclic) bond motifs is 1. The smallest absolute Gasteiger partial charge is 0.124 e. The highest BCUT2D eigenvalue weighted by molar-refractivity contribution is 7.13. The van der Waals surface area contributed by atoms with Crippen molar-refractivity contribution in [2.24, 2.45) is 0 Å². The number of nitrogens with zero attached hydrogens (tertiary/aromatic N) is 2. The maximum absolute atomic E-state index is 9.12. The van der Waals surface area contributed by atoms with E-state index in [4.69, 9.17) is 15.4 Å². The van der Waals surface area contributed by atoms with Gasteiger partial charge in [0.15, 0.2) is 0 Å². The summed E-state index contributed by atoms with van der Waals surface area (Å²) in [5.41, 5.74) is 6.43. The fourth-order valence-corrected chi connectivity index (χ4v) is 3.90. The molecule has 0 aliphatic heterocycles. The Morgan fingerprint density at radius 1 is 1.30 bits per heavy atom. The number of benzene rings is 2. The Kier molecular flexibility index (Phi) is 4.86. The number of nitriles is 1. The lowest BCUT2D eigenvalue weighted by Gasteiger charge is -2.27. The third-order valence-corrected chi connectivity index (χ3v) is 5.37. The molecule has 0 amide bonds. The van der Waals surface area contributed by atoms with E-state index in [1.807, 2.05) is 36.4 Å². The Morgan fingerprint density at radius 2 is 2.22 bits per heavy atom. The largest absolute Gasteiger partial charge is 0.486 e. The van der Waals surface area contributed by atoms with Gasteiger partial charge in [-0.2, -0.15) is 5.26 Å². The topological polar surface area (TPSA) is 81.8 Å². The quantitative estimate of drug-likeness (QED) is 0.601. The number of rotatable bonds is 5. The van der Waals surface area contributed by atoms with Crippen molar-refractivity contribution in [3.05, 3.63) is 70.4 Å². The summed E-state index contributed by atoms with van der Waals surface area (Å²) in [5, 5.41) is 21.0. The number of hydrogen-bond donors (Lipinski definition) is 2. The lowest BCUT2D eigenvalue weighted by molar-refractivity contribution is 0.183. The van der Waals surface area contributed by atoms with Gasteiger partial charge in [-0.3, -0.25) is 4.98 Å². The number of ether oxygens (including phenoxy) is 1. The standard InChI is InChI=1S/C21H18N4OS/c22-10-14-4-7-18-15(8-14)2-1-3-20(18)26-17-6-5-16(11-23)19(9-17)25-21-12-24-13-27-21/h4-9,11-13,20,23,25H,1-3H2. The summed E-state index contributed by atoms with van der Waals surface area (Å²) < 4.78 is 6.30. The van der Waals surface area contributed by atoms with E-state index in [2.05, 4.69) is 16.4 Å². The zero-order valence-corrected chi connectivity index (χ0v) is 15.4. The second-order valence-electron chi connectivity index (χ2n) is 6.41. The second-order valence-corrected chi connectivity index (χ2v) is 7.29. The monoisotopic (exact) mass is 374 g/mol. The Balaban J connectivity index is 1.60. The summed E-state index contributed by atoms with van der Waals surface area (Å²) >= 11 is 1.51. The first-order valence-corrected chi connectivity index (χ1v) is 9.64. The SMILES string of the molecule is N#Cc1ccc2c(c1)CCCC2Oc1ccc(C=N)c(Nc2cncs2)c1. The maximum Gasteiger partial charge on any atom is 0.124 e. The van der Waals surface area contributed by atoms with Gasteiger partial charge in [0.1, 0.15) is 16.9 Å². The fourth-order valence-electron chi connectivity index (χ4n) is 3.38. The zero-order valence-electron chi connectivity index (χ0n) is 14.6. The average molecular weight is 374 g/mol. The van der Waals surface area contributed by atoms with E-state index in [9.17, 15) is 0 Å². The van der Waals surface area contributed by atoms with Gasteiger partial charge in [-0.25, -0.2) is 0 Å². The van der Waals surface area contributed by atoms with Crippen LogP contribution in [0.15, 0.2) is 48.1 Å². The molecule has 0 saturated heterocycles. The molecule has 2 N–H and O–H groups in total. The highest BCUT2D eigenvalue weighted by atomic mass is 32.1. The number of nitrogens with one attached hydrogen (secondary N) is 2. The molecule has 0 fully saturated rings. The Hall–Kier alpha value is -3.17. The Labute approximate surface area is 161 Å². The van der Waals surface area contributed by atoms with Gasteiger partial charge >= 0.3 is 0 Å². The van der Waals surface area contributed by atoms with Gasteiger partial charge in [-0.1, -0.05) is 6.07 Å². The molecule has 1 atom stereocenters. The normalized spacial score (nSPS) is 15.4. The first kappa shape index (κ1) is 17.3. The van der Waals surface area contributed by atoms with Crippen LogP contribution in [0.1, 0.15) is 41.2 Å². The van der Waals surface area contributed by atoms with Crippen LogP contribution in [-0.2, 0) is 6.42 Å². The van der Waals surface area contributed by atoms with E-state index < -0.39 is 0 Å². The minimum absolute atomic E-state index is 0.0245. The predicted octanol–water partition coefficient (Wildman–Crippen LogP) is 5.21. The molecule has 5 nitrogen and oxygen atoms in total. The Bertz CT molecular complexity index is 1010. The molecule has 6 heteroatoms. The summed E-state index contributed by atoms with van der Waals surface area (Å²) in [7, 11) is 0. The molecule has 1 heterocycles. The fraction of sp³-hybridized carbons (Fsp3) is 0.190. The van der Waals surface area contributed by atoms with Crippen molar-refractivity contribution in [1.29, 1.82) is 10.7 Å². The van der Waals surface area contributed by atoms with Gasteiger partial charge in [0, 0.05) is 17.8 Å². The third kappa shape index (κ3) is 3.69. The van der Waals surface area contributed by atoms with Crippen LogP contribution in [-0.4, -0.2) is 11.2 Å². The van der Waals surface area contributed by atoms with Gasteiger partial charge in [0.05, 0.1) is 29.0 Å². The lowest BCUT2D eigenvalue weighted by atomic mass is 9.88. The van der Waals surface area contributed by atoms with Crippen LogP contribution >= 0.6 is 11.3 Å². The van der Waals surface area contributed by atoms with Gasteiger partial charge in [0.25, 0.3) is 0 Å². The summed E-state index contributed by atoms with van der Waals surface area (Å²) in [4.78, 5) is 4.07. The number of aryl methyl sites for hydroxylation is 1. The van der Waals surface area contributed by atoms with Crippen LogP contribution in [0.25, 0.3) is 0 Å². The van der Waals surface area contributed by atoms with Crippen LogP contribution in [0.3, 0.4) is 0 Å². The predicted molar refractivity (Wildman–Crippen MR) is 107 cm³/mol. The zero-order chi connectivity index (χ0) is 18.6. The molecule has 1 aliphatic rings. The molecule has 0 radical (unpaired) electrons. The molecular weight excluding hydrogens is 356 g/mol. The first-order valence-electron chi connectivity index (χ1n) is 8.76. The summed E-state index contributed by atoms with van der Waals surface area (Å²) in [6, 6.07) is 13.8. The van der Waals surface area contributed by atoms with E-state index in [1.54, 1.807) is 11.7 Å². The van der Waals surface area contributed by atoms with E-state index in [1.165, 1.54) is 23.1 Å². The van der Waals surface area contributed by atoms with Gasteiger partial charge in [-0.15, -0.1) is 11.3 Å². The average Bonchev–Trinajstić information content (AvgIpc) is 3.21. The van der Waals surface area contributed by atoms with Gasteiger partial charge in [0.2, 0.25) is 0 Å². The molecule has 2 aromatic carbocycles. The van der Waals surface area contributed by atoms with Crippen LogP contribution < -0.4 is 10.1 Å². The minimum atomic E-state index is -0.0245.